The molecule has 0 saturated heterocycles. The largest absolute Gasteiger partial charge is 0.493 e. The number of aryl methyl sites for hydroxylation is 1. The van der Waals surface area contributed by atoms with Crippen LogP contribution in [-0.4, -0.2) is 40.4 Å². The minimum atomic E-state index is -0.0524. The molecule has 0 spiro atoms. The smallest absolute Gasteiger partial charge is 0.220 e. The van der Waals surface area contributed by atoms with E-state index in [4.69, 9.17) is 30.5 Å². The summed E-state index contributed by atoms with van der Waals surface area (Å²) in [6.45, 7) is 0.814. The Balaban J connectivity index is 1.78. The van der Waals surface area contributed by atoms with Crippen molar-refractivity contribution in [3.63, 3.8) is 0 Å². The monoisotopic (exact) mass is 393 g/mol. The van der Waals surface area contributed by atoms with Crippen LogP contribution in [0.25, 0.3) is 0 Å². The van der Waals surface area contributed by atoms with Gasteiger partial charge in [-0.2, -0.15) is 0 Å². The summed E-state index contributed by atoms with van der Waals surface area (Å²) in [5.74, 6) is 2.34. The van der Waals surface area contributed by atoms with Gasteiger partial charge >= 0.3 is 0 Å². The molecule has 0 aliphatic heterocycles. The molecular weight excluding hydrogens is 370 g/mol. The molecule has 1 N–H and O–H groups in total. The zero-order valence-electron chi connectivity index (χ0n) is 15.7. The van der Waals surface area contributed by atoms with Gasteiger partial charge in [0.2, 0.25) is 11.7 Å². The zero-order valence-corrected chi connectivity index (χ0v) is 16.5. The van der Waals surface area contributed by atoms with E-state index in [2.05, 4.69) is 5.32 Å². The lowest BCUT2D eigenvalue weighted by Gasteiger charge is -2.14. The van der Waals surface area contributed by atoms with E-state index in [9.17, 15) is 4.79 Å². The lowest BCUT2D eigenvalue weighted by Crippen LogP contribution is -2.28. The Morgan fingerprint density at radius 2 is 1.63 bits per heavy atom. The maximum atomic E-state index is 12.0. The molecule has 0 saturated carbocycles. The van der Waals surface area contributed by atoms with Crippen molar-refractivity contribution >= 4 is 17.5 Å². The number of carbonyl (C=O) groups excluding carboxylic acids is 1. The van der Waals surface area contributed by atoms with E-state index < -0.39 is 0 Å². The van der Waals surface area contributed by atoms with E-state index in [0.717, 1.165) is 5.56 Å². The van der Waals surface area contributed by atoms with Crippen molar-refractivity contribution in [1.82, 2.24) is 5.32 Å². The van der Waals surface area contributed by atoms with E-state index in [1.807, 2.05) is 12.1 Å². The molecule has 0 atom stereocenters. The number of nitrogens with one attached hydrogen (secondary N) is 1. The van der Waals surface area contributed by atoms with Crippen LogP contribution in [0.3, 0.4) is 0 Å². The number of benzene rings is 2. The second-order valence-corrected chi connectivity index (χ2v) is 6.12. The summed E-state index contributed by atoms with van der Waals surface area (Å²) in [5, 5.41) is 3.49. The Morgan fingerprint density at radius 1 is 1.00 bits per heavy atom. The van der Waals surface area contributed by atoms with Crippen LogP contribution in [0.4, 0.5) is 0 Å². The van der Waals surface area contributed by atoms with Crippen molar-refractivity contribution in [2.75, 3.05) is 34.5 Å². The van der Waals surface area contributed by atoms with Gasteiger partial charge < -0.3 is 24.3 Å². The predicted octanol–water partition coefficient (Wildman–Crippen LogP) is 3.49. The fraction of sp³-hybridized carbons (Fsp3) is 0.350. The first-order chi connectivity index (χ1) is 13.1. The first-order valence-corrected chi connectivity index (χ1v) is 8.89. The van der Waals surface area contributed by atoms with Gasteiger partial charge in [-0.05, 0) is 48.4 Å². The van der Waals surface area contributed by atoms with Gasteiger partial charge in [0.25, 0.3) is 0 Å². The molecule has 0 aliphatic rings. The SMILES string of the molecule is COc1cc(CCC(=O)NCCOc2ccc(Cl)cc2)cc(OC)c1OC. The highest BCUT2D eigenvalue weighted by molar-refractivity contribution is 6.30. The topological polar surface area (TPSA) is 66.0 Å². The van der Waals surface area contributed by atoms with E-state index in [0.29, 0.717) is 54.0 Å². The van der Waals surface area contributed by atoms with Gasteiger partial charge in [-0.1, -0.05) is 11.6 Å². The van der Waals surface area contributed by atoms with Crippen LogP contribution < -0.4 is 24.3 Å². The number of hydrogen-bond acceptors (Lipinski definition) is 5. The summed E-state index contributed by atoms with van der Waals surface area (Å²) in [6, 6.07) is 10.8. The van der Waals surface area contributed by atoms with Gasteiger partial charge in [-0.25, -0.2) is 0 Å². The number of carbonyl (C=O) groups is 1. The summed E-state index contributed by atoms with van der Waals surface area (Å²) < 4.78 is 21.5. The molecule has 0 heterocycles. The van der Waals surface area contributed by atoms with Crippen LogP contribution in [0, 0.1) is 0 Å². The van der Waals surface area contributed by atoms with Crippen LogP contribution in [0.5, 0.6) is 23.0 Å². The third-order valence-electron chi connectivity index (χ3n) is 3.87. The normalized spacial score (nSPS) is 10.2. The molecule has 0 aliphatic carbocycles. The van der Waals surface area contributed by atoms with E-state index >= 15 is 0 Å². The molecule has 2 aromatic carbocycles. The van der Waals surface area contributed by atoms with Crippen LogP contribution in [0.1, 0.15) is 12.0 Å². The summed E-state index contributed by atoms with van der Waals surface area (Å²) in [6.07, 6.45) is 0.903. The molecule has 0 radical (unpaired) electrons. The molecule has 2 aromatic rings. The van der Waals surface area contributed by atoms with E-state index in [1.54, 1.807) is 45.6 Å². The second kappa shape index (κ2) is 10.5. The number of ether oxygens (including phenoxy) is 4. The highest BCUT2D eigenvalue weighted by Gasteiger charge is 2.13. The Hall–Kier alpha value is -2.60. The summed E-state index contributed by atoms with van der Waals surface area (Å²) >= 11 is 5.82. The summed E-state index contributed by atoms with van der Waals surface area (Å²) in [7, 11) is 4.68. The Kier molecular flexibility index (Phi) is 8.07. The quantitative estimate of drug-likeness (QED) is 0.626. The van der Waals surface area contributed by atoms with Crippen LogP contribution in [0.15, 0.2) is 36.4 Å². The molecule has 146 valence electrons. The van der Waals surface area contributed by atoms with Gasteiger partial charge in [-0.3, -0.25) is 4.79 Å². The van der Waals surface area contributed by atoms with Crippen molar-refractivity contribution in [2.24, 2.45) is 0 Å². The maximum Gasteiger partial charge on any atom is 0.220 e. The highest BCUT2D eigenvalue weighted by atomic mass is 35.5. The summed E-state index contributed by atoms with van der Waals surface area (Å²) in [4.78, 5) is 12.0. The molecule has 0 fully saturated rings. The number of hydrogen-bond donors (Lipinski definition) is 1. The van der Waals surface area contributed by atoms with Gasteiger partial charge in [0.05, 0.1) is 27.9 Å². The van der Waals surface area contributed by atoms with Gasteiger partial charge in [0.1, 0.15) is 12.4 Å². The van der Waals surface area contributed by atoms with E-state index in [-0.39, 0.29) is 5.91 Å². The van der Waals surface area contributed by atoms with Gasteiger partial charge in [-0.15, -0.1) is 0 Å². The van der Waals surface area contributed by atoms with E-state index in [1.165, 1.54) is 0 Å². The molecule has 1 amide bonds. The standard InChI is InChI=1S/C20H24ClNO5/c1-24-17-12-14(13-18(25-2)20(17)26-3)4-9-19(23)22-10-11-27-16-7-5-15(21)6-8-16/h5-8,12-13H,4,9-11H2,1-3H3,(H,22,23). The fourth-order valence-corrected chi connectivity index (χ4v) is 2.64. The third kappa shape index (κ3) is 6.25. The average Bonchev–Trinajstić information content (AvgIpc) is 2.70. The van der Waals surface area contributed by atoms with Gasteiger partial charge in [0.15, 0.2) is 11.5 Å². The molecule has 0 aromatic heterocycles. The third-order valence-corrected chi connectivity index (χ3v) is 4.12. The Morgan fingerprint density at radius 3 is 2.19 bits per heavy atom. The average molecular weight is 394 g/mol. The van der Waals surface area contributed by atoms with Crippen LogP contribution in [0.2, 0.25) is 5.02 Å². The predicted molar refractivity (Wildman–Crippen MR) is 104 cm³/mol. The van der Waals surface area contributed by atoms with Crippen molar-refractivity contribution in [3.05, 3.63) is 47.0 Å². The molecule has 0 bridgehead atoms. The molecule has 7 heteroatoms. The first kappa shape index (κ1) is 20.7. The Bertz CT molecular complexity index is 724. The lowest BCUT2D eigenvalue weighted by molar-refractivity contribution is -0.121. The first-order valence-electron chi connectivity index (χ1n) is 8.51. The van der Waals surface area contributed by atoms with Crippen molar-refractivity contribution in [1.29, 1.82) is 0 Å². The van der Waals surface area contributed by atoms with Crippen molar-refractivity contribution in [3.8, 4) is 23.0 Å². The Labute approximate surface area is 164 Å². The molecule has 2 rings (SSSR count). The van der Waals surface area contributed by atoms with Crippen molar-refractivity contribution in [2.45, 2.75) is 12.8 Å². The molecule has 0 unspecified atom stereocenters. The lowest BCUT2D eigenvalue weighted by atomic mass is 10.1. The number of rotatable bonds is 10. The highest BCUT2D eigenvalue weighted by Crippen LogP contribution is 2.38. The minimum Gasteiger partial charge on any atom is -0.493 e. The molecular formula is C20H24ClNO5. The fourth-order valence-electron chi connectivity index (χ4n) is 2.52. The number of amides is 1. The zero-order chi connectivity index (χ0) is 19.6. The van der Waals surface area contributed by atoms with Crippen LogP contribution in [-0.2, 0) is 11.2 Å². The molecule has 27 heavy (non-hydrogen) atoms. The minimum absolute atomic E-state index is 0.0524. The second-order valence-electron chi connectivity index (χ2n) is 5.69. The summed E-state index contributed by atoms with van der Waals surface area (Å²) in [5.41, 5.74) is 0.928. The van der Waals surface area contributed by atoms with Crippen LogP contribution >= 0.6 is 11.6 Å². The number of methoxy groups -OCH3 is 3. The van der Waals surface area contributed by atoms with Gasteiger partial charge in [0, 0.05) is 11.4 Å². The number of halogens is 1. The van der Waals surface area contributed by atoms with Crippen molar-refractivity contribution < 1.29 is 23.7 Å². The maximum absolute atomic E-state index is 12.0. The molecule has 6 nitrogen and oxygen atoms in total.